The highest BCUT2D eigenvalue weighted by molar-refractivity contribution is 9.10. The van der Waals surface area contributed by atoms with Crippen molar-refractivity contribution in [1.29, 1.82) is 0 Å². The summed E-state index contributed by atoms with van der Waals surface area (Å²) in [4.78, 5) is 10.7. The lowest BCUT2D eigenvalue weighted by molar-refractivity contribution is -0.107. The molecule has 0 spiro atoms. The van der Waals surface area contributed by atoms with Gasteiger partial charge in [-0.3, -0.25) is 0 Å². The average Bonchev–Trinajstić information content (AvgIpc) is 2.55. The van der Waals surface area contributed by atoms with Gasteiger partial charge in [-0.2, -0.15) is 0 Å². The van der Waals surface area contributed by atoms with E-state index in [1.54, 1.807) is 0 Å². The number of rotatable bonds is 3. The van der Waals surface area contributed by atoms with Crippen LogP contribution >= 0.6 is 15.9 Å². The van der Waals surface area contributed by atoms with Gasteiger partial charge in [0.1, 0.15) is 6.29 Å². The first-order valence-electron chi connectivity index (χ1n) is 5.36. The van der Waals surface area contributed by atoms with Crippen LogP contribution in [0.3, 0.4) is 0 Å². The third-order valence-electron chi connectivity index (χ3n) is 2.69. The minimum absolute atomic E-state index is 0.369. The van der Waals surface area contributed by atoms with Crippen molar-refractivity contribution in [3.05, 3.63) is 34.4 Å². The van der Waals surface area contributed by atoms with E-state index in [4.69, 9.17) is 0 Å². The summed E-state index contributed by atoms with van der Waals surface area (Å²) in [6.45, 7) is 4.27. The minimum atomic E-state index is 0.369. The van der Waals surface area contributed by atoms with Crippen LogP contribution in [-0.2, 0) is 11.2 Å². The Labute approximate surface area is 103 Å². The molecule has 2 aromatic rings. The van der Waals surface area contributed by atoms with Crippen molar-refractivity contribution in [2.24, 2.45) is 0 Å². The molecule has 0 aliphatic carbocycles. The number of benzene rings is 1. The standard InChI is InChI=1S/C13H14BrNO/c1-9(2)15-12(5-6-16)8-10-7-11(14)3-4-13(10)15/h3-4,6-9H,5H2,1-2H3. The molecular formula is C13H14BrNO. The molecule has 3 heteroatoms. The first-order valence-corrected chi connectivity index (χ1v) is 6.15. The van der Waals surface area contributed by atoms with Gasteiger partial charge in [0.25, 0.3) is 0 Å². The van der Waals surface area contributed by atoms with Crippen LogP contribution in [0.4, 0.5) is 0 Å². The summed E-state index contributed by atoms with van der Waals surface area (Å²) >= 11 is 3.46. The van der Waals surface area contributed by atoms with Crippen LogP contribution in [0, 0.1) is 0 Å². The molecule has 0 saturated carbocycles. The van der Waals surface area contributed by atoms with Crippen molar-refractivity contribution in [2.75, 3.05) is 0 Å². The Bertz CT molecular complexity index is 528. The molecule has 0 amide bonds. The highest BCUT2D eigenvalue weighted by Gasteiger charge is 2.10. The number of carbonyl (C=O) groups excluding carboxylic acids is 1. The zero-order valence-corrected chi connectivity index (χ0v) is 11.0. The second-order valence-electron chi connectivity index (χ2n) is 4.17. The second kappa shape index (κ2) is 4.42. The van der Waals surface area contributed by atoms with Crippen molar-refractivity contribution in [3.63, 3.8) is 0 Å². The maximum absolute atomic E-state index is 10.7. The van der Waals surface area contributed by atoms with E-state index in [1.807, 2.05) is 6.07 Å². The number of halogens is 1. The van der Waals surface area contributed by atoms with Crippen LogP contribution in [0.1, 0.15) is 25.6 Å². The Morgan fingerprint density at radius 2 is 2.12 bits per heavy atom. The molecular weight excluding hydrogens is 266 g/mol. The van der Waals surface area contributed by atoms with Gasteiger partial charge in [0.15, 0.2) is 0 Å². The fourth-order valence-corrected chi connectivity index (χ4v) is 2.50. The molecule has 0 bridgehead atoms. The normalized spacial score (nSPS) is 11.2. The largest absolute Gasteiger partial charge is 0.342 e. The third-order valence-corrected chi connectivity index (χ3v) is 3.18. The summed E-state index contributed by atoms with van der Waals surface area (Å²) in [6.07, 6.45) is 1.44. The summed E-state index contributed by atoms with van der Waals surface area (Å²) in [5, 5.41) is 1.18. The predicted octanol–water partition coefficient (Wildman–Crippen LogP) is 3.73. The van der Waals surface area contributed by atoms with Gasteiger partial charge in [0, 0.05) is 33.5 Å². The summed E-state index contributed by atoms with van der Waals surface area (Å²) in [7, 11) is 0. The van der Waals surface area contributed by atoms with E-state index in [-0.39, 0.29) is 0 Å². The number of hydrogen-bond donors (Lipinski definition) is 0. The Kier molecular flexibility index (Phi) is 3.15. The third kappa shape index (κ3) is 1.92. The molecule has 0 aliphatic heterocycles. The smallest absolute Gasteiger partial charge is 0.125 e. The van der Waals surface area contributed by atoms with Gasteiger partial charge in [-0.25, -0.2) is 0 Å². The number of fused-ring (bicyclic) bond motifs is 1. The van der Waals surface area contributed by atoms with E-state index >= 15 is 0 Å². The van der Waals surface area contributed by atoms with Crippen molar-refractivity contribution >= 4 is 33.1 Å². The molecule has 1 heterocycles. The first kappa shape index (κ1) is 11.4. The Hall–Kier alpha value is -1.09. The first-order chi connectivity index (χ1) is 7.63. The summed E-state index contributed by atoms with van der Waals surface area (Å²) < 4.78 is 3.29. The van der Waals surface area contributed by atoms with Gasteiger partial charge in [0.05, 0.1) is 0 Å². The molecule has 1 aromatic heterocycles. The van der Waals surface area contributed by atoms with Gasteiger partial charge in [-0.1, -0.05) is 15.9 Å². The molecule has 0 saturated heterocycles. The Balaban J connectivity index is 2.70. The van der Waals surface area contributed by atoms with E-state index in [0.29, 0.717) is 12.5 Å². The number of aldehydes is 1. The monoisotopic (exact) mass is 279 g/mol. The summed E-state index contributed by atoms with van der Waals surface area (Å²) in [6, 6.07) is 8.67. The highest BCUT2D eigenvalue weighted by Crippen LogP contribution is 2.26. The number of carbonyl (C=O) groups is 1. The van der Waals surface area contributed by atoms with Crippen LogP contribution in [0.15, 0.2) is 28.7 Å². The maximum atomic E-state index is 10.7. The van der Waals surface area contributed by atoms with E-state index in [0.717, 1.165) is 16.5 Å². The number of nitrogens with zero attached hydrogens (tertiary/aromatic N) is 1. The highest BCUT2D eigenvalue weighted by atomic mass is 79.9. The lowest BCUT2D eigenvalue weighted by Crippen LogP contribution is -2.05. The van der Waals surface area contributed by atoms with Gasteiger partial charge in [-0.05, 0) is 38.1 Å². The van der Waals surface area contributed by atoms with Crippen LogP contribution in [0.5, 0.6) is 0 Å². The quantitative estimate of drug-likeness (QED) is 0.785. The topological polar surface area (TPSA) is 22.0 Å². The van der Waals surface area contributed by atoms with Gasteiger partial charge in [0.2, 0.25) is 0 Å². The van der Waals surface area contributed by atoms with E-state index in [2.05, 4.69) is 52.5 Å². The van der Waals surface area contributed by atoms with Crippen LogP contribution in [-0.4, -0.2) is 10.9 Å². The minimum Gasteiger partial charge on any atom is -0.342 e. The van der Waals surface area contributed by atoms with Crippen LogP contribution in [0.2, 0.25) is 0 Å². The fourth-order valence-electron chi connectivity index (χ4n) is 2.12. The van der Waals surface area contributed by atoms with Gasteiger partial charge in [-0.15, -0.1) is 0 Å². The van der Waals surface area contributed by atoms with Gasteiger partial charge >= 0.3 is 0 Å². The Morgan fingerprint density at radius 1 is 1.38 bits per heavy atom. The molecule has 0 atom stereocenters. The molecule has 0 N–H and O–H groups in total. The van der Waals surface area contributed by atoms with Crippen LogP contribution in [0.25, 0.3) is 10.9 Å². The van der Waals surface area contributed by atoms with Crippen molar-refractivity contribution in [3.8, 4) is 0 Å². The van der Waals surface area contributed by atoms with Crippen LogP contribution < -0.4 is 0 Å². The molecule has 2 rings (SSSR count). The van der Waals surface area contributed by atoms with E-state index < -0.39 is 0 Å². The van der Waals surface area contributed by atoms with Crippen molar-refractivity contribution in [1.82, 2.24) is 4.57 Å². The summed E-state index contributed by atoms with van der Waals surface area (Å²) in [5.41, 5.74) is 2.27. The molecule has 0 radical (unpaired) electrons. The molecule has 0 aliphatic rings. The second-order valence-corrected chi connectivity index (χ2v) is 5.09. The van der Waals surface area contributed by atoms with Crippen molar-refractivity contribution < 1.29 is 4.79 Å². The molecule has 0 unspecified atom stereocenters. The van der Waals surface area contributed by atoms with Crippen molar-refractivity contribution in [2.45, 2.75) is 26.3 Å². The lowest BCUT2D eigenvalue weighted by Gasteiger charge is -2.13. The van der Waals surface area contributed by atoms with E-state index in [1.165, 1.54) is 10.9 Å². The zero-order chi connectivity index (χ0) is 11.7. The Morgan fingerprint density at radius 3 is 2.75 bits per heavy atom. The van der Waals surface area contributed by atoms with Gasteiger partial charge < -0.3 is 9.36 Å². The van der Waals surface area contributed by atoms with E-state index in [9.17, 15) is 4.79 Å². The maximum Gasteiger partial charge on any atom is 0.125 e. The predicted molar refractivity (Wildman–Crippen MR) is 69.8 cm³/mol. The average molecular weight is 280 g/mol. The SMILES string of the molecule is CC(C)n1c(CC=O)cc2cc(Br)ccc21. The zero-order valence-electron chi connectivity index (χ0n) is 9.40. The lowest BCUT2D eigenvalue weighted by atomic mass is 10.2. The molecule has 16 heavy (non-hydrogen) atoms. The number of aromatic nitrogens is 1. The number of hydrogen-bond acceptors (Lipinski definition) is 1. The summed E-state index contributed by atoms with van der Waals surface area (Å²) in [5.74, 6) is 0. The molecule has 84 valence electrons. The molecule has 0 fully saturated rings. The molecule has 2 nitrogen and oxygen atoms in total. The fraction of sp³-hybridized carbons (Fsp3) is 0.308. The molecule has 1 aromatic carbocycles.